The Morgan fingerprint density at radius 1 is 1.41 bits per heavy atom. The van der Waals surface area contributed by atoms with Crippen molar-refractivity contribution >= 4 is 23.6 Å². The number of hydrogen-bond acceptors (Lipinski definition) is 4. The van der Waals surface area contributed by atoms with E-state index in [1.54, 1.807) is 6.92 Å². The van der Waals surface area contributed by atoms with Crippen LogP contribution in [0.15, 0.2) is 0 Å². The molecular weight excluding hydrogens is 288 g/mol. The van der Waals surface area contributed by atoms with Gasteiger partial charge in [-0.25, -0.2) is 0 Å². The van der Waals surface area contributed by atoms with Crippen LogP contribution in [0.25, 0.3) is 0 Å². The van der Waals surface area contributed by atoms with Crippen LogP contribution >= 0.6 is 0 Å². The van der Waals surface area contributed by atoms with Crippen molar-refractivity contribution < 1.29 is 19.2 Å². The van der Waals surface area contributed by atoms with Crippen LogP contribution in [-0.2, 0) is 19.2 Å². The summed E-state index contributed by atoms with van der Waals surface area (Å²) in [6, 6.07) is -1.88. The first-order valence-electron chi connectivity index (χ1n) is 7.63. The van der Waals surface area contributed by atoms with Gasteiger partial charge in [0.1, 0.15) is 18.1 Å². The number of amides is 4. The van der Waals surface area contributed by atoms with Crippen molar-refractivity contribution in [1.82, 2.24) is 15.5 Å². The van der Waals surface area contributed by atoms with Gasteiger partial charge in [0.2, 0.25) is 23.6 Å². The molecule has 4 N–H and O–H groups in total. The van der Waals surface area contributed by atoms with Crippen LogP contribution in [0.2, 0.25) is 0 Å². The number of primary amides is 1. The first-order valence-corrected chi connectivity index (χ1v) is 7.63. The molecule has 2 aliphatic rings. The van der Waals surface area contributed by atoms with Gasteiger partial charge in [-0.1, -0.05) is 6.92 Å². The van der Waals surface area contributed by atoms with Gasteiger partial charge in [-0.3, -0.25) is 19.2 Å². The molecule has 3 atom stereocenters. The van der Waals surface area contributed by atoms with Gasteiger partial charge in [-0.05, 0) is 25.7 Å². The van der Waals surface area contributed by atoms with Crippen LogP contribution < -0.4 is 16.4 Å². The van der Waals surface area contributed by atoms with E-state index >= 15 is 0 Å². The van der Waals surface area contributed by atoms with Gasteiger partial charge in [0.25, 0.3) is 0 Å². The highest BCUT2D eigenvalue weighted by Gasteiger charge is 2.37. The summed E-state index contributed by atoms with van der Waals surface area (Å²) >= 11 is 0. The highest BCUT2D eigenvalue weighted by molar-refractivity contribution is 5.95. The summed E-state index contributed by atoms with van der Waals surface area (Å²) in [6.45, 7) is 2.25. The molecule has 2 rings (SSSR count). The number of nitrogens with zero attached hydrogens (tertiary/aromatic N) is 1. The second kappa shape index (κ2) is 6.76. The lowest BCUT2D eigenvalue weighted by Crippen LogP contribution is -2.55. The Labute approximate surface area is 128 Å². The summed E-state index contributed by atoms with van der Waals surface area (Å²) in [4.78, 5) is 48.6. The zero-order valence-electron chi connectivity index (χ0n) is 12.6. The molecule has 0 radical (unpaired) electrons. The second-order valence-corrected chi connectivity index (χ2v) is 5.72. The largest absolute Gasteiger partial charge is 0.368 e. The fourth-order valence-electron chi connectivity index (χ4n) is 2.95. The first-order chi connectivity index (χ1) is 10.4. The minimum absolute atomic E-state index is 0.159. The molecule has 0 spiro atoms. The molecule has 0 bridgehead atoms. The summed E-state index contributed by atoms with van der Waals surface area (Å²) in [6.07, 6.45) is 2.45. The van der Waals surface area contributed by atoms with E-state index in [-0.39, 0.29) is 17.7 Å². The minimum atomic E-state index is -0.704. The molecule has 122 valence electrons. The van der Waals surface area contributed by atoms with E-state index in [0.717, 1.165) is 6.42 Å². The standard InChI is InChI=1S/C14H22N4O4/c1-2-8(17-13(21)9-5-6-11(19)16-9)14(22)18-7-3-4-10(18)12(15)20/h8-10H,2-7H2,1H3,(H2,15,20)(H,16,19)(H,17,21)/t8-,9-,10-/m0/s1. The molecule has 0 unspecified atom stereocenters. The maximum absolute atomic E-state index is 12.5. The Kier molecular flexibility index (Phi) is 4.99. The van der Waals surface area contributed by atoms with Crippen molar-refractivity contribution in [2.45, 2.75) is 57.2 Å². The molecule has 0 aromatic carbocycles. The molecule has 2 fully saturated rings. The van der Waals surface area contributed by atoms with Gasteiger partial charge < -0.3 is 21.3 Å². The molecule has 8 nitrogen and oxygen atoms in total. The quantitative estimate of drug-likeness (QED) is 0.580. The average molecular weight is 310 g/mol. The van der Waals surface area contributed by atoms with Crippen molar-refractivity contribution in [2.24, 2.45) is 5.73 Å². The molecule has 8 heteroatoms. The summed E-state index contributed by atoms with van der Waals surface area (Å²) in [5.74, 6) is -1.33. The zero-order chi connectivity index (χ0) is 16.3. The normalized spacial score (nSPS) is 25.7. The average Bonchev–Trinajstić information content (AvgIpc) is 3.12. The highest BCUT2D eigenvalue weighted by atomic mass is 16.2. The molecule has 2 aliphatic heterocycles. The minimum Gasteiger partial charge on any atom is -0.368 e. The zero-order valence-corrected chi connectivity index (χ0v) is 12.6. The monoisotopic (exact) mass is 310 g/mol. The van der Waals surface area contributed by atoms with E-state index in [1.807, 2.05) is 0 Å². The topological polar surface area (TPSA) is 122 Å². The number of nitrogens with two attached hydrogens (primary N) is 1. The molecule has 22 heavy (non-hydrogen) atoms. The number of nitrogens with one attached hydrogen (secondary N) is 2. The number of carbonyl (C=O) groups excluding carboxylic acids is 4. The number of likely N-dealkylation sites (tertiary alicyclic amines) is 1. The Morgan fingerprint density at radius 3 is 2.68 bits per heavy atom. The van der Waals surface area contributed by atoms with Crippen molar-refractivity contribution in [2.75, 3.05) is 6.54 Å². The maximum atomic E-state index is 12.5. The first kappa shape index (κ1) is 16.3. The highest BCUT2D eigenvalue weighted by Crippen LogP contribution is 2.19. The third-order valence-corrected chi connectivity index (χ3v) is 4.20. The number of carbonyl (C=O) groups is 4. The lowest BCUT2D eigenvalue weighted by molar-refractivity contribution is -0.140. The Morgan fingerprint density at radius 2 is 2.14 bits per heavy atom. The van der Waals surface area contributed by atoms with Gasteiger partial charge in [0.05, 0.1) is 0 Å². The van der Waals surface area contributed by atoms with Gasteiger partial charge in [0.15, 0.2) is 0 Å². The van der Waals surface area contributed by atoms with Crippen molar-refractivity contribution in [3.05, 3.63) is 0 Å². The van der Waals surface area contributed by atoms with Crippen LogP contribution in [0.1, 0.15) is 39.0 Å². The summed E-state index contributed by atoms with van der Waals surface area (Å²) in [5.41, 5.74) is 5.32. The van der Waals surface area contributed by atoms with Crippen molar-refractivity contribution in [3.63, 3.8) is 0 Å². The molecule has 2 saturated heterocycles. The fourth-order valence-corrected chi connectivity index (χ4v) is 2.95. The van der Waals surface area contributed by atoms with Gasteiger partial charge in [0, 0.05) is 13.0 Å². The van der Waals surface area contributed by atoms with Crippen molar-refractivity contribution in [3.8, 4) is 0 Å². The van der Waals surface area contributed by atoms with E-state index in [4.69, 9.17) is 5.73 Å². The van der Waals surface area contributed by atoms with Crippen LogP contribution in [-0.4, -0.2) is 53.2 Å². The predicted octanol–water partition coefficient (Wildman–Crippen LogP) is -1.36. The molecule has 0 aliphatic carbocycles. The van der Waals surface area contributed by atoms with E-state index in [9.17, 15) is 19.2 Å². The van der Waals surface area contributed by atoms with E-state index in [1.165, 1.54) is 4.90 Å². The van der Waals surface area contributed by atoms with E-state index < -0.39 is 24.0 Å². The smallest absolute Gasteiger partial charge is 0.245 e. The fraction of sp³-hybridized carbons (Fsp3) is 0.714. The number of rotatable bonds is 5. The van der Waals surface area contributed by atoms with Crippen LogP contribution in [0.3, 0.4) is 0 Å². The molecule has 0 aromatic heterocycles. The predicted molar refractivity (Wildman–Crippen MR) is 77.3 cm³/mol. The van der Waals surface area contributed by atoms with Crippen LogP contribution in [0.4, 0.5) is 0 Å². The van der Waals surface area contributed by atoms with Gasteiger partial charge >= 0.3 is 0 Å². The third kappa shape index (κ3) is 3.37. The lowest BCUT2D eigenvalue weighted by atomic mass is 10.1. The van der Waals surface area contributed by atoms with Crippen LogP contribution in [0, 0.1) is 0 Å². The van der Waals surface area contributed by atoms with Gasteiger partial charge in [-0.15, -0.1) is 0 Å². The molecule has 4 amide bonds. The molecule has 0 saturated carbocycles. The van der Waals surface area contributed by atoms with Gasteiger partial charge in [-0.2, -0.15) is 0 Å². The van der Waals surface area contributed by atoms with E-state index in [0.29, 0.717) is 32.2 Å². The van der Waals surface area contributed by atoms with E-state index in [2.05, 4.69) is 10.6 Å². The van der Waals surface area contributed by atoms with Crippen LogP contribution in [0.5, 0.6) is 0 Å². The van der Waals surface area contributed by atoms with Crippen molar-refractivity contribution in [1.29, 1.82) is 0 Å². The summed E-state index contributed by atoms with van der Waals surface area (Å²) < 4.78 is 0. The number of hydrogen-bond donors (Lipinski definition) is 3. The molecular formula is C14H22N4O4. The SMILES string of the molecule is CC[C@H](NC(=O)[C@@H]1CCC(=O)N1)C(=O)N1CCC[C@H]1C(N)=O. The Balaban J connectivity index is 1.98. The lowest BCUT2D eigenvalue weighted by Gasteiger charge is -2.27. The summed E-state index contributed by atoms with van der Waals surface area (Å²) in [7, 11) is 0. The summed E-state index contributed by atoms with van der Waals surface area (Å²) in [5, 5.41) is 5.24. The molecule has 2 heterocycles. The second-order valence-electron chi connectivity index (χ2n) is 5.72. The maximum Gasteiger partial charge on any atom is 0.245 e. The Bertz CT molecular complexity index is 493. The Hall–Kier alpha value is -2.12. The third-order valence-electron chi connectivity index (χ3n) is 4.20. The molecule has 0 aromatic rings.